The maximum absolute atomic E-state index is 12.8. The number of amides is 2. The van der Waals surface area contributed by atoms with Crippen LogP contribution in [0.1, 0.15) is 39.3 Å². The zero-order chi connectivity index (χ0) is 19.7. The molecule has 1 saturated heterocycles. The van der Waals surface area contributed by atoms with Crippen LogP contribution in [0.2, 0.25) is 0 Å². The van der Waals surface area contributed by atoms with Crippen molar-refractivity contribution in [1.82, 2.24) is 15.6 Å². The van der Waals surface area contributed by atoms with Crippen LogP contribution in [-0.4, -0.2) is 16.8 Å². The number of aryl methyl sites for hydroxylation is 1. The Morgan fingerprint density at radius 3 is 2.82 bits per heavy atom. The smallest absolute Gasteiger partial charge is 0.253 e. The van der Waals surface area contributed by atoms with Crippen LogP contribution in [0.3, 0.4) is 0 Å². The second-order valence-electron chi connectivity index (χ2n) is 7.22. The number of allylic oxidation sites excluding steroid dienone is 4. The largest absolute Gasteiger partial charge is 0.358 e. The Hall–Kier alpha value is -3.34. The summed E-state index contributed by atoms with van der Waals surface area (Å²) >= 11 is 0. The maximum atomic E-state index is 12.8. The average molecular weight is 373 g/mol. The molecule has 2 aliphatic rings. The van der Waals surface area contributed by atoms with Gasteiger partial charge in [-0.25, -0.2) is 0 Å². The van der Waals surface area contributed by atoms with Gasteiger partial charge < -0.3 is 15.6 Å². The number of benzene rings is 1. The van der Waals surface area contributed by atoms with E-state index in [1.54, 1.807) is 0 Å². The first-order valence-corrected chi connectivity index (χ1v) is 9.45. The Morgan fingerprint density at radius 2 is 2.04 bits per heavy atom. The number of carbonyl (C=O) groups excluding carboxylic acids is 2. The molecule has 1 atom stereocenters. The molecule has 1 aliphatic heterocycles. The Kier molecular flexibility index (Phi) is 4.74. The van der Waals surface area contributed by atoms with E-state index in [1.807, 2.05) is 62.4 Å². The molecule has 142 valence electrons. The SMILES string of the molecule is Cc1[nH]c(C=C2C(=O)NC3=CC=CCC32)c(C)c1C(=O)NCc1ccccc1. The molecule has 1 aromatic heterocycles. The molecule has 28 heavy (non-hydrogen) atoms. The number of aromatic amines is 1. The summed E-state index contributed by atoms with van der Waals surface area (Å²) in [6.45, 7) is 4.28. The number of hydrogen-bond acceptors (Lipinski definition) is 2. The first kappa shape index (κ1) is 18.0. The fraction of sp³-hybridized carbons (Fsp3) is 0.217. The zero-order valence-electron chi connectivity index (χ0n) is 16.0. The minimum absolute atomic E-state index is 0.0656. The van der Waals surface area contributed by atoms with Gasteiger partial charge in [0.05, 0.1) is 5.56 Å². The number of aromatic nitrogens is 1. The van der Waals surface area contributed by atoms with Crippen molar-refractivity contribution in [1.29, 1.82) is 0 Å². The van der Waals surface area contributed by atoms with Crippen LogP contribution in [0.5, 0.6) is 0 Å². The first-order chi connectivity index (χ1) is 13.5. The van der Waals surface area contributed by atoms with Gasteiger partial charge in [-0.15, -0.1) is 0 Å². The van der Waals surface area contributed by atoms with Crippen LogP contribution in [0.15, 0.2) is 59.8 Å². The summed E-state index contributed by atoms with van der Waals surface area (Å²) in [6.07, 6.45) is 8.67. The topological polar surface area (TPSA) is 74.0 Å². The van der Waals surface area contributed by atoms with Crippen LogP contribution in [-0.2, 0) is 11.3 Å². The molecule has 1 aromatic carbocycles. The first-order valence-electron chi connectivity index (χ1n) is 9.45. The van der Waals surface area contributed by atoms with E-state index in [-0.39, 0.29) is 17.7 Å². The molecule has 3 N–H and O–H groups in total. The van der Waals surface area contributed by atoms with Crippen molar-refractivity contribution in [3.8, 4) is 0 Å². The Morgan fingerprint density at radius 1 is 1.25 bits per heavy atom. The highest BCUT2D eigenvalue weighted by molar-refractivity contribution is 6.04. The predicted molar refractivity (Wildman–Crippen MR) is 109 cm³/mol. The van der Waals surface area contributed by atoms with Gasteiger partial charge in [-0.2, -0.15) is 0 Å². The van der Waals surface area contributed by atoms with Crippen LogP contribution in [0, 0.1) is 19.8 Å². The minimum atomic E-state index is -0.114. The van der Waals surface area contributed by atoms with Crippen LogP contribution in [0.4, 0.5) is 0 Å². The van der Waals surface area contributed by atoms with Gasteiger partial charge in [0.1, 0.15) is 0 Å². The summed E-state index contributed by atoms with van der Waals surface area (Å²) in [7, 11) is 0. The molecule has 0 spiro atoms. The lowest BCUT2D eigenvalue weighted by molar-refractivity contribution is -0.115. The van der Waals surface area contributed by atoms with E-state index in [1.165, 1.54) is 0 Å². The lowest BCUT2D eigenvalue weighted by Gasteiger charge is -2.11. The maximum Gasteiger partial charge on any atom is 0.253 e. The zero-order valence-corrected chi connectivity index (χ0v) is 16.0. The van der Waals surface area contributed by atoms with Crippen molar-refractivity contribution in [3.05, 3.63) is 87.9 Å². The Bertz CT molecular complexity index is 1030. The third-order valence-electron chi connectivity index (χ3n) is 5.35. The van der Waals surface area contributed by atoms with Gasteiger partial charge in [0.15, 0.2) is 0 Å². The van der Waals surface area contributed by atoms with Crippen molar-refractivity contribution < 1.29 is 9.59 Å². The highest BCUT2D eigenvalue weighted by atomic mass is 16.2. The van der Waals surface area contributed by atoms with E-state index in [0.29, 0.717) is 12.1 Å². The summed E-state index contributed by atoms with van der Waals surface area (Å²) < 4.78 is 0. The van der Waals surface area contributed by atoms with E-state index in [0.717, 1.165) is 40.2 Å². The van der Waals surface area contributed by atoms with Crippen LogP contribution in [0.25, 0.3) is 6.08 Å². The van der Waals surface area contributed by atoms with Crippen LogP contribution >= 0.6 is 0 Å². The van der Waals surface area contributed by atoms with Crippen molar-refractivity contribution in [2.24, 2.45) is 5.92 Å². The molecule has 5 nitrogen and oxygen atoms in total. The summed E-state index contributed by atoms with van der Waals surface area (Å²) in [5, 5.41) is 5.92. The van der Waals surface area contributed by atoms with Gasteiger partial charge in [0.25, 0.3) is 11.8 Å². The van der Waals surface area contributed by atoms with E-state index in [2.05, 4.69) is 21.7 Å². The second-order valence-corrected chi connectivity index (χ2v) is 7.22. The molecule has 1 fully saturated rings. The number of nitrogens with one attached hydrogen (secondary N) is 3. The van der Waals surface area contributed by atoms with Crippen molar-refractivity contribution in [2.45, 2.75) is 26.8 Å². The molecular formula is C23H23N3O2. The molecule has 2 aromatic rings. The van der Waals surface area contributed by atoms with Gasteiger partial charge >= 0.3 is 0 Å². The highest BCUT2D eigenvalue weighted by Crippen LogP contribution is 2.34. The predicted octanol–water partition coefficient (Wildman–Crippen LogP) is 3.53. The quantitative estimate of drug-likeness (QED) is 0.717. The van der Waals surface area contributed by atoms with Gasteiger partial charge in [0, 0.05) is 35.1 Å². The highest BCUT2D eigenvalue weighted by Gasteiger charge is 2.33. The number of hydrogen-bond donors (Lipinski definition) is 3. The molecule has 2 heterocycles. The molecule has 0 radical (unpaired) electrons. The van der Waals surface area contributed by atoms with Gasteiger partial charge in [-0.1, -0.05) is 42.5 Å². The molecule has 2 amide bonds. The molecule has 1 aliphatic carbocycles. The molecule has 5 heteroatoms. The van der Waals surface area contributed by atoms with Crippen molar-refractivity contribution in [2.75, 3.05) is 0 Å². The summed E-state index contributed by atoms with van der Waals surface area (Å²) in [5.41, 5.74) is 5.83. The van der Waals surface area contributed by atoms with Gasteiger partial charge in [-0.3, -0.25) is 9.59 Å². The lowest BCUT2D eigenvalue weighted by atomic mass is 9.91. The lowest BCUT2D eigenvalue weighted by Crippen LogP contribution is -2.23. The monoisotopic (exact) mass is 373 g/mol. The number of carbonyl (C=O) groups is 2. The van der Waals surface area contributed by atoms with Gasteiger partial charge in [-0.05, 0) is 43.5 Å². The second kappa shape index (κ2) is 7.35. The molecule has 0 bridgehead atoms. The fourth-order valence-corrected chi connectivity index (χ4v) is 3.86. The molecule has 1 unspecified atom stereocenters. The van der Waals surface area contributed by atoms with E-state index in [9.17, 15) is 9.59 Å². The van der Waals surface area contributed by atoms with Crippen molar-refractivity contribution >= 4 is 17.9 Å². The third kappa shape index (κ3) is 3.31. The summed E-state index contributed by atoms with van der Waals surface area (Å²) in [6, 6.07) is 9.82. The molecule has 4 rings (SSSR count). The third-order valence-corrected chi connectivity index (χ3v) is 5.35. The summed E-state index contributed by atoms with van der Waals surface area (Å²) in [4.78, 5) is 28.4. The number of rotatable bonds is 4. The summed E-state index contributed by atoms with van der Waals surface area (Å²) in [5.74, 6) is -0.116. The normalized spacial score (nSPS) is 19.4. The molecular weight excluding hydrogens is 350 g/mol. The van der Waals surface area contributed by atoms with E-state index < -0.39 is 0 Å². The Balaban J connectivity index is 1.57. The average Bonchev–Trinajstić information content (AvgIpc) is 3.16. The molecule has 0 saturated carbocycles. The van der Waals surface area contributed by atoms with Crippen LogP contribution < -0.4 is 10.6 Å². The standard InChI is InChI=1S/C23H23N3O2/c1-14-20(12-18-17-10-6-7-11-19(17)26-22(18)27)25-15(2)21(14)23(28)24-13-16-8-4-3-5-9-16/h3-9,11-12,17,25H,10,13H2,1-2H3,(H,24,28)(H,26,27). The minimum Gasteiger partial charge on any atom is -0.358 e. The number of fused-ring (bicyclic) bond motifs is 1. The van der Waals surface area contributed by atoms with Crippen molar-refractivity contribution in [3.63, 3.8) is 0 Å². The van der Waals surface area contributed by atoms with E-state index in [4.69, 9.17) is 0 Å². The Labute approximate surface area is 164 Å². The number of H-pyrrole nitrogens is 1. The van der Waals surface area contributed by atoms with E-state index >= 15 is 0 Å². The fourth-order valence-electron chi connectivity index (χ4n) is 3.86. The van der Waals surface area contributed by atoms with Gasteiger partial charge in [0.2, 0.25) is 0 Å².